The fraction of sp³-hybridized carbons (Fsp3) is 0.0667. The quantitative estimate of drug-likeness (QED) is 0.669. The van der Waals surface area contributed by atoms with Crippen LogP contribution in [-0.4, -0.2) is 4.98 Å². The number of aromatic nitrogens is 1. The molecular weight excluding hydrogens is 238 g/mol. The molecule has 0 amide bonds. The van der Waals surface area contributed by atoms with Crippen LogP contribution in [0.3, 0.4) is 0 Å². The number of nitriles is 1. The molecule has 94 valence electrons. The van der Waals surface area contributed by atoms with Crippen molar-refractivity contribution in [2.24, 2.45) is 0 Å². The number of hydrogen-bond donors (Lipinski definition) is 1. The first-order valence-electron chi connectivity index (χ1n) is 5.76. The van der Waals surface area contributed by atoms with Crippen LogP contribution in [-0.2, 0) is 6.42 Å². The molecule has 0 aliphatic rings. The second kappa shape index (κ2) is 5.69. The molecule has 2 rings (SSSR count). The Balaban J connectivity index is 2.32. The Bertz CT molecular complexity index is 644. The third kappa shape index (κ3) is 3.11. The SMILES string of the molecule is C=CCc1cc(N)ccc1Oc1ccnc(C#N)c1. The van der Waals surface area contributed by atoms with Crippen molar-refractivity contribution in [3.8, 4) is 17.6 Å². The Labute approximate surface area is 111 Å². The van der Waals surface area contributed by atoms with Crippen LogP contribution >= 0.6 is 0 Å². The predicted octanol–water partition coefficient (Wildman–Crippen LogP) is 3.06. The lowest BCUT2D eigenvalue weighted by Crippen LogP contribution is -1.94. The number of rotatable bonds is 4. The topological polar surface area (TPSA) is 71.9 Å². The highest BCUT2D eigenvalue weighted by Crippen LogP contribution is 2.27. The number of hydrogen-bond acceptors (Lipinski definition) is 4. The first-order chi connectivity index (χ1) is 9.22. The van der Waals surface area contributed by atoms with Crippen LogP contribution in [0.25, 0.3) is 0 Å². The molecular formula is C15H13N3O. The molecule has 0 aliphatic carbocycles. The van der Waals surface area contributed by atoms with E-state index in [2.05, 4.69) is 11.6 Å². The summed E-state index contributed by atoms with van der Waals surface area (Å²) in [4.78, 5) is 3.90. The van der Waals surface area contributed by atoms with E-state index in [-0.39, 0.29) is 0 Å². The van der Waals surface area contributed by atoms with Crippen molar-refractivity contribution < 1.29 is 4.74 Å². The maximum atomic E-state index is 8.81. The molecule has 1 heterocycles. The second-order valence-corrected chi connectivity index (χ2v) is 3.95. The fourth-order valence-electron chi connectivity index (χ4n) is 1.68. The maximum absolute atomic E-state index is 8.81. The minimum atomic E-state index is 0.318. The molecule has 2 N–H and O–H groups in total. The first-order valence-corrected chi connectivity index (χ1v) is 5.76. The average molecular weight is 251 g/mol. The van der Waals surface area contributed by atoms with Gasteiger partial charge in [0, 0.05) is 23.5 Å². The zero-order chi connectivity index (χ0) is 13.7. The van der Waals surface area contributed by atoms with Gasteiger partial charge in [-0.2, -0.15) is 5.26 Å². The van der Waals surface area contributed by atoms with E-state index in [1.54, 1.807) is 36.5 Å². The second-order valence-electron chi connectivity index (χ2n) is 3.95. The Morgan fingerprint density at radius 1 is 1.37 bits per heavy atom. The van der Waals surface area contributed by atoms with Crippen molar-refractivity contribution in [3.05, 3.63) is 60.4 Å². The smallest absolute Gasteiger partial charge is 0.144 e. The van der Waals surface area contributed by atoms with Crippen molar-refractivity contribution in [1.29, 1.82) is 5.26 Å². The molecule has 0 bridgehead atoms. The van der Waals surface area contributed by atoms with E-state index < -0.39 is 0 Å². The van der Waals surface area contributed by atoms with Gasteiger partial charge in [0.2, 0.25) is 0 Å². The number of anilines is 1. The third-order valence-corrected chi connectivity index (χ3v) is 2.52. The molecule has 1 aromatic carbocycles. The van der Waals surface area contributed by atoms with Gasteiger partial charge in [-0.1, -0.05) is 6.08 Å². The first kappa shape index (κ1) is 12.7. The normalized spacial score (nSPS) is 9.63. The van der Waals surface area contributed by atoms with E-state index in [1.165, 1.54) is 0 Å². The number of benzene rings is 1. The maximum Gasteiger partial charge on any atom is 0.144 e. The minimum Gasteiger partial charge on any atom is -0.457 e. The number of allylic oxidation sites excluding steroid dienone is 1. The monoisotopic (exact) mass is 251 g/mol. The molecule has 0 saturated heterocycles. The van der Waals surface area contributed by atoms with E-state index in [0.717, 1.165) is 5.56 Å². The van der Waals surface area contributed by atoms with Gasteiger partial charge >= 0.3 is 0 Å². The van der Waals surface area contributed by atoms with Crippen molar-refractivity contribution in [1.82, 2.24) is 4.98 Å². The zero-order valence-electron chi connectivity index (χ0n) is 10.3. The number of nitrogens with zero attached hydrogens (tertiary/aromatic N) is 2. The van der Waals surface area contributed by atoms with Crippen molar-refractivity contribution >= 4 is 5.69 Å². The molecule has 0 aliphatic heterocycles. The van der Waals surface area contributed by atoms with Crippen LogP contribution in [0.1, 0.15) is 11.3 Å². The summed E-state index contributed by atoms with van der Waals surface area (Å²) in [6.07, 6.45) is 3.99. The zero-order valence-corrected chi connectivity index (χ0v) is 10.3. The van der Waals surface area contributed by atoms with Gasteiger partial charge in [0.25, 0.3) is 0 Å². The third-order valence-electron chi connectivity index (χ3n) is 2.52. The Kier molecular flexibility index (Phi) is 3.79. The lowest BCUT2D eigenvalue weighted by atomic mass is 10.1. The summed E-state index contributed by atoms with van der Waals surface area (Å²) in [5.41, 5.74) is 7.70. The standard InChI is InChI=1S/C15H13N3O/c1-2-3-11-8-12(17)4-5-15(11)19-14-6-7-18-13(9-14)10-16/h2,4-9H,1,3,17H2. The summed E-state index contributed by atoms with van der Waals surface area (Å²) in [6.45, 7) is 3.71. The largest absolute Gasteiger partial charge is 0.457 e. The summed E-state index contributed by atoms with van der Waals surface area (Å²) in [6, 6.07) is 10.7. The average Bonchev–Trinajstić information content (AvgIpc) is 2.42. The highest BCUT2D eigenvalue weighted by molar-refractivity contribution is 5.50. The Morgan fingerprint density at radius 3 is 2.95 bits per heavy atom. The minimum absolute atomic E-state index is 0.318. The van der Waals surface area contributed by atoms with E-state index in [0.29, 0.717) is 29.3 Å². The summed E-state index contributed by atoms with van der Waals surface area (Å²) < 4.78 is 5.77. The highest BCUT2D eigenvalue weighted by atomic mass is 16.5. The van der Waals surface area contributed by atoms with Crippen molar-refractivity contribution in [2.45, 2.75) is 6.42 Å². The lowest BCUT2D eigenvalue weighted by Gasteiger charge is -2.10. The molecule has 0 fully saturated rings. The van der Waals surface area contributed by atoms with Gasteiger partial charge < -0.3 is 10.5 Å². The molecule has 19 heavy (non-hydrogen) atoms. The van der Waals surface area contributed by atoms with Crippen LogP contribution in [0.5, 0.6) is 11.5 Å². The van der Waals surface area contributed by atoms with Crippen LogP contribution in [0.2, 0.25) is 0 Å². The predicted molar refractivity (Wildman–Crippen MR) is 73.8 cm³/mol. The molecule has 0 spiro atoms. The lowest BCUT2D eigenvalue weighted by molar-refractivity contribution is 0.477. The van der Waals surface area contributed by atoms with E-state index in [9.17, 15) is 0 Å². The van der Waals surface area contributed by atoms with Crippen molar-refractivity contribution in [3.63, 3.8) is 0 Å². The number of nitrogen functional groups attached to an aromatic ring is 1. The van der Waals surface area contributed by atoms with Gasteiger partial charge in [-0.25, -0.2) is 4.98 Å². The van der Waals surface area contributed by atoms with Crippen LogP contribution in [0.4, 0.5) is 5.69 Å². The Morgan fingerprint density at radius 2 is 2.21 bits per heavy atom. The molecule has 0 unspecified atom stereocenters. The molecule has 0 radical (unpaired) electrons. The van der Waals surface area contributed by atoms with Crippen LogP contribution in [0.15, 0.2) is 49.2 Å². The van der Waals surface area contributed by atoms with Crippen LogP contribution < -0.4 is 10.5 Å². The summed E-state index contributed by atoms with van der Waals surface area (Å²) in [5.74, 6) is 1.27. The summed E-state index contributed by atoms with van der Waals surface area (Å²) in [7, 11) is 0. The van der Waals surface area contributed by atoms with Gasteiger partial charge in [0.1, 0.15) is 23.3 Å². The van der Waals surface area contributed by atoms with E-state index in [4.69, 9.17) is 15.7 Å². The fourth-order valence-corrected chi connectivity index (χ4v) is 1.68. The number of nitrogens with two attached hydrogens (primary N) is 1. The molecule has 4 nitrogen and oxygen atoms in total. The molecule has 0 saturated carbocycles. The van der Waals surface area contributed by atoms with E-state index in [1.807, 2.05) is 12.1 Å². The van der Waals surface area contributed by atoms with Gasteiger partial charge in [-0.15, -0.1) is 6.58 Å². The molecule has 2 aromatic rings. The van der Waals surface area contributed by atoms with Gasteiger partial charge in [0.05, 0.1) is 0 Å². The highest BCUT2D eigenvalue weighted by Gasteiger charge is 2.05. The summed E-state index contributed by atoms with van der Waals surface area (Å²) >= 11 is 0. The molecule has 0 atom stereocenters. The molecule has 1 aromatic heterocycles. The van der Waals surface area contributed by atoms with Gasteiger partial charge in [-0.05, 0) is 30.7 Å². The van der Waals surface area contributed by atoms with Crippen molar-refractivity contribution in [2.75, 3.05) is 5.73 Å². The number of pyridine rings is 1. The van der Waals surface area contributed by atoms with Crippen LogP contribution in [0, 0.1) is 11.3 Å². The van der Waals surface area contributed by atoms with Gasteiger partial charge in [-0.3, -0.25) is 0 Å². The summed E-state index contributed by atoms with van der Waals surface area (Å²) in [5, 5.41) is 8.81. The number of ether oxygens (including phenoxy) is 1. The Hall–Kier alpha value is -2.80. The van der Waals surface area contributed by atoms with E-state index >= 15 is 0 Å². The molecule has 4 heteroatoms. The van der Waals surface area contributed by atoms with Gasteiger partial charge in [0.15, 0.2) is 0 Å².